The Morgan fingerprint density at radius 2 is 2.00 bits per heavy atom. The smallest absolute Gasteiger partial charge is 0.142 e. The number of hydrogen-bond donors (Lipinski definition) is 0. The molecule has 0 atom stereocenters. The number of rotatable bonds is 2. The molecule has 0 aliphatic rings. The number of aromatic nitrogens is 2. The highest BCUT2D eigenvalue weighted by atomic mass is 16.1. The van der Waals surface area contributed by atoms with E-state index in [1.165, 1.54) is 12.4 Å². The Labute approximate surface area is 58.4 Å². The maximum atomic E-state index is 9.85. The van der Waals surface area contributed by atoms with Crippen LogP contribution in [0, 0.1) is 0 Å². The van der Waals surface area contributed by atoms with Gasteiger partial charge in [0.05, 0.1) is 0 Å². The molecule has 10 heavy (non-hydrogen) atoms. The van der Waals surface area contributed by atoms with Crippen LogP contribution in [-0.4, -0.2) is 16.3 Å². The van der Waals surface area contributed by atoms with Crippen molar-refractivity contribution < 1.29 is 4.79 Å². The molecule has 0 unspecified atom stereocenters. The molecule has 0 fully saturated rings. The van der Waals surface area contributed by atoms with Gasteiger partial charge in [-0.25, -0.2) is 9.97 Å². The summed E-state index contributed by atoms with van der Waals surface area (Å²) in [4.78, 5) is 17.4. The van der Waals surface area contributed by atoms with E-state index in [0.717, 1.165) is 5.56 Å². The fourth-order valence-corrected chi connectivity index (χ4v) is 0.547. The zero-order valence-corrected chi connectivity index (χ0v) is 5.27. The molecule has 0 saturated carbocycles. The number of nitrogens with zero attached hydrogens (tertiary/aromatic N) is 2. The third-order valence-electron chi connectivity index (χ3n) is 0.948. The van der Waals surface area contributed by atoms with Gasteiger partial charge in [-0.2, -0.15) is 0 Å². The van der Waals surface area contributed by atoms with Crippen LogP contribution in [0.1, 0.15) is 5.56 Å². The summed E-state index contributed by atoms with van der Waals surface area (Å²) in [5, 5.41) is 0. The fraction of sp³-hybridized carbons (Fsp3) is 0. The average Bonchev–Trinajstić information content (AvgIpc) is 2.03. The van der Waals surface area contributed by atoms with Crippen LogP contribution in [0.2, 0.25) is 0 Å². The summed E-state index contributed by atoms with van der Waals surface area (Å²) in [5.74, 6) is 0. The molecule has 0 aromatic carbocycles. The van der Waals surface area contributed by atoms with Crippen molar-refractivity contribution in [1.82, 2.24) is 9.97 Å². The highest BCUT2D eigenvalue weighted by Crippen LogP contribution is 1.93. The predicted molar refractivity (Wildman–Crippen MR) is 37.1 cm³/mol. The zero-order chi connectivity index (χ0) is 7.23. The molecular formula is C7H6N2O. The Morgan fingerprint density at radius 3 is 2.60 bits per heavy atom. The standard InChI is InChI=1S/C7H6N2O/c10-3-1-2-7-4-8-6-9-5-7/h1-6H. The molecule has 0 N–H and O–H groups in total. The summed E-state index contributed by atoms with van der Waals surface area (Å²) in [6.07, 6.45) is 8.47. The summed E-state index contributed by atoms with van der Waals surface area (Å²) in [5.41, 5.74) is 0.828. The van der Waals surface area contributed by atoms with Gasteiger partial charge in [0.25, 0.3) is 0 Å². The van der Waals surface area contributed by atoms with Crippen molar-refractivity contribution in [3.8, 4) is 0 Å². The minimum Gasteiger partial charge on any atom is -0.299 e. The molecule has 0 amide bonds. The van der Waals surface area contributed by atoms with E-state index in [-0.39, 0.29) is 0 Å². The van der Waals surface area contributed by atoms with Crippen LogP contribution in [-0.2, 0) is 4.79 Å². The first-order valence-electron chi connectivity index (χ1n) is 2.80. The third kappa shape index (κ3) is 1.78. The summed E-state index contributed by atoms with van der Waals surface area (Å²) >= 11 is 0. The minimum absolute atomic E-state index is 0.715. The molecule has 0 saturated heterocycles. The van der Waals surface area contributed by atoms with Gasteiger partial charge in [-0.1, -0.05) is 0 Å². The molecule has 0 bridgehead atoms. The second-order valence-corrected chi connectivity index (χ2v) is 1.67. The van der Waals surface area contributed by atoms with Gasteiger partial charge in [-0.3, -0.25) is 4.79 Å². The van der Waals surface area contributed by atoms with E-state index in [2.05, 4.69) is 9.97 Å². The van der Waals surface area contributed by atoms with Crippen LogP contribution < -0.4 is 0 Å². The molecule has 0 aliphatic heterocycles. The summed E-state index contributed by atoms with van der Waals surface area (Å²) in [7, 11) is 0. The van der Waals surface area contributed by atoms with Gasteiger partial charge in [0.15, 0.2) is 0 Å². The van der Waals surface area contributed by atoms with E-state index in [9.17, 15) is 4.79 Å². The molecule has 0 radical (unpaired) electrons. The molecule has 0 aliphatic carbocycles. The lowest BCUT2D eigenvalue weighted by Crippen LogP contribution is -1.77. The topological polar surface area (TPSA) is 42.9 Å². The van der Waals surface area contributed by atoms with Gasteiger partial charge in [-0.05, 0) is 12.2 Å². The van der Waals surface area contributed by atoms with Crippen molar-refractivity contribution in [3.63, 3.8) is 0 Å². The van der Waals surface area contributed by atoms with Crippen LogP contribution in [0.4, 0.5) is 0 Å². The Morgan fingerprint density at radius 1 is 1.30 bits per heavy atom. The van der Waals surface area contributed by atoms with Gasteiger partial charge < -0.3 is 0 Å². The predicted octanol–water partition coefficient (Wildman–Crippen LogP) is 0.689. The van der Waals surface area contributed by atoms with E-state index in [1.54, 1.807) is 18.5 Å². The zero-order valence-electron chi connectivity index (χ0n) is 5.27. The SMILES string of the molecule is O=CC=Cc1cncnc1. The maximum Gasteiger partial charge on any atom is 0.142 e. The Kier molecular flexibility index (Phi) is 2.31. The van der Waals surface area contributed by atoms with Gasteiger partial charge >= 0.3 is 0 Å². The van der Waals surface area contributed by atoms with E-state index >= 15 is 0 Å². The minimum atomic E-state index is 0.715. The second-order valence-electron chi connectivity index (χ2n) is 1.67. The second kappa shape index (κ2) is 3.50. The highest BCUT2D eigenvalue weighted by molar-refractivity contribution is 5.73. The lowest BCUT2D eigenvalue weighted by molar-refractivity contribution is -0.104. The van der Waals surface area contributed by atoms with Crippen molar-refractivity contribution in [2.75, 3.05) is 0 Å². The first-order chi connectivity index (χ1) is 4.93. The number of carbonyl (C=O) groups is 1. The van der Waals surface area contributed by atoms with Gasteiger partial charge in [-0.15, -0.1) is 0 Å². The summed E-state index contributed by atoms with van der Waals surface area (Å²) < 4.78 is 0. The normalized spacial score (nSPS) is 10.0. The van der Waals surface area contributed by atoms with Crippen molar-refractivity contribution in [3.05, 3.63) is 30.4 Å². The van der Waals surface area contributed by atoms with Crippen molar-refractivity contribution in [1.29, 1.82) is 0 Å². The monoisotopic (exact) mass is 134 g/mol. The number of carbonyl (C=O) groups excluding carboxylic acids is 1. The maximum absolute atomic E-state index is 9.85. The lowest BCUT2D eigenvalue weighted by atomic mass is 10.3. The molecule has 1 heterocycles. The van der Waals surface area contributed by atoms with Crippen LogP contribution >= 0.6 is 0 Å². The van der Waals surface area contributed by atoms with Gasteiger partial charge in [0.1, 0.15) is 12.6 Å². The Balaban J connectivity index is 2.76. The Bertz CT molecular complexity index is 231. The first kappa shape index (κ1) is 6.61. The van der Waals surface area contributed by atoms with Crippen LogP contribution in [0.25, 0.3) is 6.08 Å². The van der Waals surface area contributed by atoms with E-state index < -0.39 is 0 Å². The third-order valence-corrected chi connectivity index (χ3v) is 0.948. The van der Waals surface area contributed by atoms with Gasteiger partial charge in [0.2, 0.25) is 0 Å². The summed E-state index contributed by atoms with van der Waals surface area (Å²) in [6.45, 7) is 0. The van der Waals surface area contributed by atoms with Gasteiger partial charge in [0, 0.05) is 18.0 Å². The van der Waals surface area contributed by atoms with Crippen molar-refractivity contribution in [2.45, 2.75) is 0 Å². The quantitative estimate of drug-likeness (QED) is 0.441. The fourth-order valence-electron chi connectivity index (χ4n) is 0.547. The molecular weight excluding hydrogens is 128 g/mol. The number of hydrogen-bond acceptors (Lipinski definition) is 3. The molecule has 1 aromatic heterocycles. The number of allylic oxidation sites excluding steroid dienone is 1. The average molecular weight is 134 g/mol. The summed E-state index contributed by atoms with van der Waals surface area (Å²) in [6, 6.07) is 0. The molecule has 1 aromatic rings. The van der Waals surface area contributed by atoms with Crippen LogP contribution in [0.5, 0.6) is 0 Å². The van der Waals surface area contributed by atoms with Crippen molar-refractivity contribution in [2.24, 2.45) is 0 Å². The first-order valence-corrected chi connectivity index (χ1v) is 2.80. The van der Waals surface area contributed by atoms with Crippen LogP contribution in [0.15, 0.2) is 24.8 Å². The Hall–Kier alpha value is -1.51. The van der Waals surface area contributed by atoms with Crippen molar-refractivity contribution >= 4 is 12.4 Å². The molecule has 3 heteroatoms. The molecule has 3 nitrogen and oxygen atoms in total. The lowest BCUT2D eigenvalue weighted by Gasteiger charge is -1.85. The molecule has 1 rings (SSSR count). The van der Waals surface area contributed by atoms with Crippen LogP contribution in [0.3, 0.4) is 0 Å². The molecule has 50 valence electrons. The van der Waals surface area contributed by atoms with E-state index in [4.69, 9.17) is 0 Å². The van der Waals surface area contributed by atoms with E-state index in [1.807, 2.05) is 0 Å². The highest BCUT2D eigenvalue weighted by Gasteiger charge is 1.81. The number of aldehydes is 1. The van der Waals surface area contributed by atoms with E-state index in [0.29, 0.717) is 6.29 Å². The molecule has 0 spiro atoms. The largest absolute Gasteiger partial charge is 0.299 e.